The monoisotopic (exact) mass is 393 g/mol. The number of aliphatic hydroxyl groups is 1. The van der Waals surface area contributed by atoms with Gasteiger partial charge in [-0.25, -0.2) is 0 Å². The number of carbonyl (C=O) groups is 2. The number of methoxy groups -OCH3 is 1. The molecule has 1 amide bonds. The van der Waals surface area contributed by atoms with E-state index in [1.54, 1.807) is 18.2 Å². The molecule has 4 fully saturated rings. The number of nitrogens with one attached hydrogen (secondary N) is 1. The number of rotatable bonds is 5. The predicted molar refractivity (Wildman–Crippen MR) is 99.7 cm³/mol. The third kappa shape index (κ3) is 3.52. The highest BCUT2D eigenvalue weighted by Crippen LogP contribution is 2.61. The van der Waals surface area contributed by atoms with E-state index in [1.165, 1.54) is 7.11 Å². The molecular formula is C20H24ClNO5. The molecule has 0 saturated heterocycles. The molecule has 1 aromatic carbocycles. The van der Waals surface area contributed by atoms with Gasteiger partial charge in [0.25, 0.3) is 5.91 Å². The van der Waals surface area contributed by atoms with Crippen molar-refractivity contribution >= 4 is 29.2 Å². The molecule has 0 unspecified atom stereocenters. The van der Waals surface area contributed by atoms with Gasteiger partial charge in [0.05, 0.1) is 23.8 Å². The maximum absolute atomic E-state index is 12.8. The lowest BCUT2D eigenvalue weighted by molar-refractivity contribution is -0.196. The first-order chi connectivity index (χ1) is 12.8. The van der Waals surface area contributed by atoms with Crippen LogP contribution in [0.3, 0.4) is 0 Å². The van der Waals surface area contributed by atoms with Crippen molar-refractivity contribution in [3.05, 3.63) is 23.2 Å². The predicted octanol–water partition coefficient (Wildman–Crippen LogP) is 3.16. The Morgan fingerprint density at radius 2 is 1.96 bits per heavy atom. The third-order valence-electron chi connectivity index (χ3n) is 6.23. The average molecular weight is 394 g/mol. The maximum Gasteiger partial charge on any atom is 0.312 e. The quantitative estimate of drug-likeness (QED) is 0.750. The summed E-state index contributed by atoms with van der Waals surface area (Å²) in [7, 11) is 1.50. The molecule has 0 aliphatic heterocycles. The molecule has 4 saturated carbocycles. The Morgan fingerprint density at radius 3 is 2.59 bits per heavy atom. The second-order valence-corrected chi connectivity index (χ2v) is 8.87. The zero-order valence-electron chi connectivity index (χ0n) is 15.3. The van der Waals surface area contributed by atoms with Gasteiger partial charge in [-0.15, -0.1) is 0 Å². The molecule has 4 aliphatic rings. The van der Waals surface area contributed by atoms with Crippen LogP contribution in [-0.2, 0) is 14.3 Å². The van der Waals surface area contributed by atoms with Crippen molar-refractivity contribution in [2.45, 2.75) is 44.1 Å². The first-order valence-corrected chi connectivity index (χ1v) is 9.72. The minimum atomic E-state index is -0.737. The third-order valence-corrected chi connectivity index (χ3v) is 6.47. The first-order valence-electron chi connectivity index (χ1n) is 9.34. The van der Waals surface area contributed by atoms with Crippen molar-refractivity contribution in [2.75, 3.05) is 19.0 Å². The number of anilines is 1. The van der Waals surface area contributed by atoms with E-state index < -0.39 is 16.9 Å². The van der Waals surface area contributed by atoms with E-state index >= 15 is 0 Å². The van der Waals surface area contributed by atoms with E-state index in [0.29, 0.717) is 34.7 Å². The van der Waals surface area contributed by atoms with Crippen LogP contribution in [0.25, 0.3) is 0 Å². The molecule has 146 valence electrons. The van der Waals surface area contributed by atoms with Crippen LogP contribution in [0.1, 0.15) is 38.5 Å². The van der Waals surface area contributed by atoms with Crippen molar-refractivity contribution in [1.29, 1.82) is 0 Å². The van der Waals surface area contributed by atoms with Crippen LogP contribution in [0, 0.1) is 17.3 Å². The molecule has 2 atom stereocenters. The van der Waals surface area contributed by atoms with Crippen molar-refractivity contribution in [1.82, 2.24) is 0 Å². The molecule has 6 nitrogen and oxygen atoms in total. The number of hydrogen-bond donors (Lipinski definition) is 2. The lowest BCUT2D eigenvalue weighted by Crippen LogP contribution is -2.58. The lowest BCUT2D eigenvalue weighted by Gasteiger charge is -2.58. The van der Waals surface area contributed by atoms with Gasteiger partial charge in [0, 0.05) is 5.02 Å². The largest absolute Gasteiger partial charge is 0.495 e. The van der Waals surface area contributed by atoms with E-state index in [4.69, 9.17) is 21.1 Å². The van der Waals surface area contributed by atoms with Crippen molar-refractivity contribution in [2.24, 2.45) is 17.3 Å². The van der Waals surface area contributed by atoms with Gasteiger partial charge >= 0.3 is 5.97 Å². The maximum atomic E-state index is 12.8. The number of hydrogen-bond acceptors (Lipinski definition) is 5. The van der Waals surface area contributed by atoms with Gasteiger partial charge in [0.15, 0.2) is 6.61 Å². The SMILES string of the molecule is COc1ccc(Cl)cc1NC(=O)COC(=O)C12C[C@H]3C[C@@H](CC(O)(C3)C1)C2. The fraction of sp³-hybridized carbons (Fsp3) is 0.600. The summed E-state index contributed by atoms with van der Waals surface area (Å²) in [6.45, 7) is -0.371. The van der Waals surface area contributed by atoms with Crippen LogP contribution >= 0.6 is 11.6 Å². The highest BCUT2D eigenvalue weighted by atomic mass is 35.5. The molecule has 0 radical (unpaired) electrons. The zero-order chi connectivity index (χ0) is 19.2. The van der Waals surface area contributed by atoms with Crippen LogP contribution < -0.4 is 10.1 Å². The van der Waals surface area contributed by atoms with E-state index in [9.17, 15) is 14.7 Å². The minimum Gasteiger partial charge on any atom is -0.495 e. The summed E-state index contributed by atoms with van der Waals surface area (Å²) >= 11 is 5.96. The molecule has 0 heterocycles. The van der Waals surface area contributed by atoms with Crippen molar-refractivity contribution < 1.29 is 24.2 Å². The van der Waals surface area contributed by atoms with E-state index in [2.05, 4.69) is 5.32 Å². The fourth-order valence-corrected chi connectivity index (χ4v) is 5.87. The number of amides is 1. The number of esters is 1. The Hall–Kier alpha value is -1.79. The standard InChI is InChI=1S/C20H24ClNO5/c1-26-16-3-2-14(21)5-15(16)22-17(23)10-27-18(24)19-6-12-4-13(7-19)9-20(25,8-12)11-19/h2-3,5,12-13,25H,4,6-11H2,1H3,(H,22,23)/t12-,13-,19?,20?/m1/s1. The van der Waals surface area contributed by atoms with Gasteiger partial charge in [-0.05, 0) is 68.6 Å². The molecule has 7 heteroatoms. The highest BCUT2D eigenvalue weighted by Gasteiger charge is 2.60. The summed E-state index contributed by atoms with van der Waals surface area (Å²) in [5.41, 5.74) is -0.943. The average Bonchev–Trinajstić information content (AvgIpc) is 2.57. The molecule has 5 rings (SSSR count). The smallest absolute Gasteiger partial charge is 0.312 e. The van der Waals surface area contributed by atoms with Gasteiger partial charge in [-0.1, -0.05) is 11.6 Å². The van der Waals surface area contributed by atoms with Gasteiger partial charge in [-0.2, -0.15) is 0 Å². The zero-order valence-corrected chi connectivity index (χ0v) is 16.1. The summed E-state index contributed by atoms with van der Waals surface area (Å²) in [4.78, 5) is 25.1. The van der Waals surface area contributed by atoms with Crippen LogP contribution in [0.2, 0.25) is 5.02 Å². The molecule has 2 N–H and O–H groups in total. The molecular weight excluding hydrogens is 370 g/mol. The Morgan fingerprint density at radius 1 is 1.26 bits per heavy atom. The molecule has 0 aromatic heterocycles. The van der Waals surface area contributed by atoms with Crippen LogP contribution in [0.5, 0.6) is 5.75 Å². The highest BCUT2D eigenvalue weighted by molar-refractivity contribution is 6.31. The number of halogens is 1. The van der Waals surface area contributed by atoms with Gasteiger partial charge in [-0.3, -0.25) is 9.59 Å². The lowest BCUT2D eigenvalue weighted by atomic mass is 9.48. The van der Waals surface area contributed by atoms with Crippen molar-refractivity contribution in [3.8, 4) is 5.75 Å². The second-order valence-electron chi connectivity index (χ2n) is 8.43. The summed E-state index contributed by atoms with van der Waals surface area (Å²) in [5, 5.41) is 13.9. The Labute approximate surface area is 163 Å². The number of ether oxygens (including phenoxy) is 2. The molecule has 1 aromatic rings. The van der Waals surface area contributed by atoms with Gasteiger partial charge in [0.2, 0.25) is 0 Å². The summed E-state index contributed by atoms with van der Waals surface area (Å²) in [5.74, 6) is 0.430. The molecule has 4 bridgehead atoms. The fourth-order valence-electron chi connectivity index (χ4n) is 5.70. The van der Waals surface area contributed by atoms with Crippen molar-refractivity contribution in [3.63, 3.8) is 0 Å². The summed E-state index contributed by atoms with van der Waals surface area (Å²) in [6, 6.07) is 4.89. The second kappa shape index (κ2) is 6.67. The van der Waals surface area contributed by atoms with Gasteiger partial charge < -0.3 is 19.9 Å². The van der Waals surface area contributed by atoms with Crippen LogP contribution in [0.15, 0.2) is 18.2 Å². The summed E-state index contributed by atoms with van der Waals surface area (Å²) in [6.07, 6.45) is 4.63. The summed E-state index contributed by atoms with van der Waals surface area (Å²) < 4.78 is 10.6. The van der Waals surface area contributed by atoms with Crippen LogP contribution in [0.4, 0.5) is 5.69 Å². The first kappa shape index (κ1) is 18.6. The van der Waals surface area contributed by atoms with Crippen LogP contribution in [-0.4, -0.2) is 36.3 Å². The van der Waals surface area contributed by atoms with Gasteiger partial charge in [0.1, 0.15) is 5.75 Å². The van der Waals surface area contributed by atoms with E-state index in [0.717, 1.165) is 32.1 Å². The number of benzene rings is 1. The Kier molecular flexibility index (Phi) is 4.59. The Bertz CT molecular complexity index is 766. The minimum absolute atomic E-state index is 0.358. The van der Waals surface area contributed by atoms with E-state index in [-0.39, 0.29) is 12.6 Å². The molecule has 0 spiro atoms. The van der Waals surface area contributed by atoms with E-state index in [1.807, 2.05) is 0 Å². The molecule has 4 aliphatic carbocycles. The molecule has 27 heavy (non-hydrogen) atoms. The Balaban J connectivity index is 1.38. The topological polar surface area (TPSA) is 84.9 Å². The number of carbonyl (C=O) groups excluding carboxylic acids is 2. The normalized spacial score (nSPS) is 33.6.